The number of rotatable bonds is 6. The van der Waals surface area contributed by atoms with Crippen molar-refractivity contribution in [1.29, 1.82) is 0 Å². The van der Waals surface area contributed by atoms with Gasteiger partial charge in [0.1, 0.15) is 10.9 Å². The third-order valence-electron chi connectivity index (χ3n) is 2.58. The minimum atomic E-state index is -0.607. The van der Waals surface area contributed by atoms with Crippen molar-refractivity contribution < 1.29 is 14.3 Å². The van der Waals surface area contributed by atoms with Gasteiger partial charge in [0.2, 0.25) is 0 Å². The fourth-order valence-corrected chi connectivity index (χ4v) is 2.40. The van der Waals surface area contributed by atoms with Crippen LogP contribution in [0.3, 0.4) is 0 Å². The van der Waals surface area contributed by atoms with E-state index in [1.165, 1.54) is 18.4 Å². The second-order valence-corrected chi connectivity index (χ2v) is 5.77. The highest BCUT2D eigenvalue weighted by Gasteiger charge is 2.23. The van der Waals surface area contributed by atoms with E-state index in [0.717, 1.165) is 11.4 Å². The molecule has 0 saturated heterocycles. The average Bonchev–Trinajstić information content (AvgIpc) is 2.85. The molecule has 1 heterocycles. The molecule has 0 aromatic carbocycles. The number of aromatic nitrogens is 1. The highest BCUT2D eigenvalue weighted by Crippen LogP contribution is 2.14. The van der Waals surface area contributed by atoms with E-state index in [2.05, 4.69) is 10.3 Å². The Morgan fingerprint density at radius 1 is 1.47 bits per heavy atom. The van der Waals surface area contributed by atoms with Gasteiger partial charge in [-0.2, -0.15) is 0 Å². The number of carbonyl (C=O) groups is 2. The molecule has 0 radical (unpaired) electrons. The molecule has 0 aliphatic heterocycles. The summed E-state index contributed by atoms with van der Waals surface area (Å²) >= 11 is 1.35. The van der Waals surface area contributed by atoms with Crippen molar-refractivity contribution in [3.8, 4) is 0 Å². The van der Waals surface area contributed by atoms with Crippen molar-refractivity contribution in [1.82, 2.24) is 10.3 Å². The van der Waals surface area contributed by atoms with Gasteiger partial charge < -0.3 is 10.1 Å². The molecule has 0 bridgehead atoms. The summed E-state index contributed by atoms with van der Waals surface area (Å²) in [6, 6.07) is -0.607. The number of ether oxygens (including phenoxy) is 1. The molecule has 1 aromatic rings. The molecule has 0 spiro atoms. The number of hydrogen-bond donors (Lipinski definition) is 1. The lowest BCUT2D eigenvalue weighted by Crippen LogP contribution is -2.42. The third-order valence-corrected chi connectivity index (χ3v) is 3.72. The molecule has 1 aromatic heterocycles. The molecule has 6 heteroatoms. The lowest BCUT2D eigenvalue weighted by atomic mass is 10.0. The van der Waals surface area contributed by atoms with Gasteiger partial charge in [0.15, 0.2) is 0 Å². The molecule has 0 aliphatic rings. The third kappa shape index (κ3) is 4.63. The molecule has 5 nitrogen and oxygen atoms in total. The van der Waals surface area contributed by atoms with Crippen LogP contribution >= 0.6 is 11.3 Å². The molecule has 0 saturated carbocycles. The molecule has 0 aliphatic carbocycles. The van der Waals surface area contributed by atoms with E-state index < -0.39 is 12.0 Å². The van der Waals surface area contributed by atoms with E-state index in [4.69, 9.17) is 4.74 Å². The van der Waals surface area contributed by atoms with Crippen LogP contribution in [0.15, 0.2) is 6.20 Å². The van der Waals surface area contributed by atoms with E-state index in [1.807, 2.05) is 20.8 Å². The molecular weight excluding hydrogens is 264 g/mol. The number of carbonyl (C=O) groups excluding carboxylic acids is 2. The van der Waals surface area contributed by atoms with Gasteiger partial charge in [-0.05, 0) is 18.8 Å². The maximum absolute atomic E-state index is 12.0. The zero-order valence-electron chi connectivity index (χ0n) is 11.7. The number of hydrogen-bond acceptors (Lipinski definition) is 5. The molecule has 1 N–H and O–H groups in total. The summed E-state index contributed by atoms with van der Waals surface area (Å²) in [5, 5.41) is 3.62. The van der Waals surface area contributed by atoms with Gasteiger partial charge >= 0.3 is 5.97 Å². The summed E-state index contributed by atoms with van der Waals surface area (Å²) in [6.07, 6.45) is 2.89. The fraction of sp³-hybridized carbons (Fsp3) is 0.615. The van der Waals surface area contributed by atoms with Crippen LogP contribution < -0.4 is 5.32 Å². The topological polar surface area (TPSA) is 68.3 Å². The van der Waals surface area contributed by atoms with E-state index in [0.29, 0.717) is 11.3 Å². The number of nitrogens with zero attached hydrogens (tertiary/aromatic N) is 1. The van der Waals surface area contributed by atoms with Gasteiger partial charge in [-0.1, -0.05) is 20.8 Å². The Hall–Kier alpha value is -1.43. The quantitative estimate of drug-likeness (QED) is 0.812. The van der Waals surface area contributed by atoms with Crippen LogP contribution in [0.5, 0.6) is 0 Å². The summed E-state index contributed by atoms with van der Waals surface area (Å²) in [7, 11) is 1.32. The van der Waals surface area contributed by atoms with Crippen molar-refractivity contribution in [3.63, 3.8) is 0 Å². The first-order valence-corrected chi connectivity index (χ1v) is 7.13. The van der Waals surface area contributed by atoms with Gasteiger partial charge in [0.05, 0.1) is 18.3 Å². The predicted octanol–water partition coefficient (Wildman–Crippen LogP) is 2.02. The van der Waals surface area contributed by atoms with Gasteiger partial charge in [0.25, 0.3) is 5.91 Å². The van der Waals surface area contributed by atoms with Gasteiger partial charge in [-0.3, -0.25) is 4.79 Å². The molecule has 0 fully saturated rings. The number of aryl methyl sites for hydroxylation is 1. The van der Waals surface area contributed by atoms with E-state index in [1.54, 1.807) is 6.20 Å². The number of nitrogens with one attached hydrogen (secondary N) is 1. The monoisotopic (exact) mass is 284 g/mol. The minimum Gasteiger partial charge on any atom is -0.467 e. The average molecular weight is 284 g/mol. The van der Waals surface area contributed by atoms with Crippen LogP contribution in [0.25, 0.3) is 0 Å². The molecule has 1 amide bonds. The Morgan fingerprint density at radius 3 is 2.63 bits per heavy atom. The van der Waals surface area contributed by atoms with Crippen molar-refractivity contribution in [2.45, 2.75) is 39.7 Å². The van der Waals surface area contributed by atoms with E-state index in [9.17, 15) is 9.59 Å². The van der Waals surface area contributed by atoms with Crippen LogP contribution in [0, 0.1) is 5.92 Å². The first kappa shape index (κ1) is 15.6. The summed E-state index contributed by atoms with van der Waals surface area (Å²) in [5.74, 6) is -0.396. The molecule has 19 heavy (non-hydrogen) atoms. The van der Waals surface area contributed by atoms with Crippen LogP contribution in [0.2, 0.25) is 0 Å². The number of methoxy groups -OCH3 is 1. The maximum atomic E-state index is 12.0. The second-order valence-electron chi connectivity index (χ2n) is 4.65. The molecule has 1 rings (SSSR count). The van der Waals surface area contributed by atoms with Crippen molar-refractivity contribution in [2.75, 3.05) is 7.11 Å². The molecule has 106 valence electrons. The zero-order chi connectivity index (χ0) is 14.4. The Morgan fingerprint density at radius 2 is 2.16 bits per heavy atom. The minimum absolute atomic E-state index is 0.270. The molecule has 1 unspecified atom stereocenters. The fourth-order valence-electron chi connectivity index (χ4n) is 1.64. The van der Waals surface area contributed by atoms with Crippen molar-refractivity contribution in [2.24, 2.45) is 5.92 Å². The Balaban J connectivity index is 2.72. The highest BCUT2D eigenvalue weighted by molar-refractivity contribution is 7.13. The van der Waals surface area contributed by atoms with Crippen LogP contribution in [-0.4, -0.2) is 30.0 Å². The highest BCUT2D eigenvalue weighted by atomic mass is 32.1. The number of esters is 1. The Kier molecular flexibility index (Phi) is 5.95. The van der Waals surface area contributed by atoms with Crippen LogP contribution in [0.1, 0.15) is 41.9 Å². The smallest absolute Gasteiger partial charge is 0.328 e. The van der Waals surface area contributed by atoms with E-state index >= 15 is 0 Å². The SMILES string of the molecule is CCc1ncc(C(=O)NC(CC(C)C)C(=O)OC)s1. The van der Waals surface area contributed by atoms with E-state index in [-0.39, 0.29) is 11.8 Å². The summed E-state index contributed by atoms with van der Waals surface area (Å²) in [5.41, 5.74) is 0. The Labute approximate surface area is 117 Å². The van der Waals surface area contributed by atoms with Gasteiger partial charge in [0, 0.05) is 0 Å². The standard InChI is InChI=1S/C13H20N2O3S/c1-5-11-14-7-10(19-11)12(16)15-9(6-8(2)3)13(17)18-4/h7-9H,5-6H2,1-4H3,(H,15,16). The molecule has 1 atom stereocenters. The first-order valence-electron chi connectivity index (χ1n) is 6.31. The number of thiazole rings is 1. The van der Waals surface area contributed by atoms with Crippen LogP contribution in [0.4, 0.5) is 0 Å². The predicted molar refractivity (Wildman–Crippen MR) is 74.2 cm³/mol. The van der Waals surface area contributed by atoms with Gasteiger partial charge in [-0.25, -0.2) is 9.78 Å². The van der Waals surface area contributed by atoms with Crippen molar-refractivity contribution in [3.05, 3.63) is 16.1 Å². The Bertz CT molecular complexity index is 443. The first-order chi connectivity index (χ1) is 8.97. The zero-order valence-corrected chi connectivity index (χ0v) is 12.5. The summed E-state index contributed by atoms with van der Waals surface area (Å²) in [6.45, 7) is 5.96. The summed E-state index contributed by atoms with van der Waals surface area (Å²) in [4.78, 5) is 28.3. The number of amides is 1. The lowest BCUT2D eigenvalue weighted by Gasteiger charge is -2.17. The lowest BCUT2D eigenvalue weighted by molar-refractivity contribution is -0.143. The normalized spacial score (nSPS) is 12.3. The molecular formula is C13H20N2O3S. The largest absolute Gasteiger partial charge is 0.467 e. The van der Waals surface area contributed by atoms with Crippen molar-refractivity contribution >= 4 is 23.2 Å². The summed E-state index contributed by atoms with van der Waals surface area (Å²) < 4.78 is 4.71. The van der Waals surface area contributed by atoms with Gasteiger partial charge in [-0.15, -0.1) is 11.3 Å². The van der Waals surface area contributed by atoms with Crippen LogP contribution in [-0.2, 0) is 16.0 Å². The maximum Gasteiger partial charge on any atom is 0.328 e. The second kappa shape index (κ2) is 7.23.